The van der Waals surface area contributed by atoms with Crippen molar-refractivity contribution in [3.05, 3.63) is 0 Å². The second-order valence-corrected chi connectivity index (χ2v) is 4.09. The molecule has 0 atom stereocenters. The molecule has 0 aromatic heterocycles. The highest BCUT2D eigenvalue weighted by molar-refractivity contribution is 8.00. The molecule has 0 rings (SSSR count). The van der Waals surface area contributed by atoms with Crippen molar-refractivity contribution >= 4 is 11.8 Å². The Morgan fingerprint density at radius 3 is 2.56 bits per heavy atom. The van der Waals surface area contributed by atoms with Crippen LogP contribution in [0.2, 0.25) is 0 Å². The molecule has 0 aliphatic carbocycles. The van der Waals surface area contributed by atoms with E-state index in [1.54, 1.807) is 11.8 Å². The summed E-state index contributed by atoms with van der Waals surface area (Å²) in [5, 5.41) is 8.73. The van der Waals surface area contributed by atoms with Crippen LogP contribution in [-0.4, -0.2) is 22.2 Å². The van der Waals surface area contributed by atoms with Gasteiger partial charge in [-0.25, -0.2) is 0 Å². The number of rotatable bonds is 3. The van der Waals surface area contributed by atoms with Crippen LogP contribution in [0.4, 0.5) is 0 Å². The van der Waals surface area contributed by atoms with E-state index in [1.165, 1.54) is 0 Å². The molecule has 1 N–H and O–H groups in total. The number of aliphatic hydroxyl groups is 1. The lowest BCUT2D eigenvalue weighted by Gasteiger charge is -2.18. The molecule has 0 aliphatic heterocycles. The van der Waals surface area contributed by atoms with Gasteiger partial charge in [-0.1, -0.05) is 5.92 Å². The summed E-state index contributed by atoms with van der Waals surface area (Å²) in [7, 11) is 0. The van der Waals surface area contributed by atoms with Gasteiger partial charge < -0.3 is 5.11 Å². The van der Waals surface area contributed by atoms with Gasteiger partial charge >= 0.3 is 0 Å². The number of aliphatic hydroxyl groups excluding tert-OH is 1. The normalized spacial score (nSPS) is 10.9. The van der Waals surface area contributed by atoms with E-state index in [0.29, 0.717) is 5.75 Å². The first-order valence-corrected chi connectivity index (χ1v) is 3.79. The van der Waals surface area contributed by atoms with E-state index in [-0.39, 0.29) is 11.4 Å². The van der Waals surface area contributed by atoms with E-state index in [0.717, 1.165) is 0 Å². The first kappa shape index (κ1) is 8.87. The number of terminal acetylenes is 1. The fourth-order valence-electron chi connectivity index (χ4n) is 0.283. The maximum atomic E-state index is 8.73. The number of hydrogen-bond acceptors (Lipinski definition) is 2. The summed E-state index contributed by atoms with van der Waals surface area (Å²) in [5.74, 6) is 3.18. The van der Waals surface area contributed by atoms with Crippen LogP contribution in [-0.2, 0) is 0 Å². The molecule has 52 valence electrons. The fourth-order valence-corrected chi connectivity index (χ4v) is 0.848. The summed E-state index contributed by atoms with van der Waals surface area (Å²) in [6.07, 6.45) is 5.04. The van der Waals surface area contributed by atoms with Gasteiger partial charge in [-0.15, -0.1) is 18.2 Å². The van der Waals surface area contributed by atoms with E-state index in [2.05, 4.69) is 5.92 Å². The highest BCUT2D eigenvalue weighted by atomic mass is 32.2. The fraction of sp³-hybridized carbons (Fsp3) is 0.714. The van der Waals surface area contributed by atoms with Crippen molar-refractivity contribution in [2.45, 2.75) is 18.6 Å². The predicted molar refractivity (Wildman–Crippen MR) is 42.5 cm³/mol. The van der Waals surface area contributed by atoms with Crippen LogP contribution in [0.5, 0.6) is 0 Å². The van der Waals surface area contributed by atoms with Gasteiger partial charge in [-0.05, 0) is 13.8 Å². The van der Waals surface area contributed by atoms with Crippen LogP contribution in [0.3, 0.4) is 0 Å². The molecular weight excluding hydrogens is 132 g/mol. The highest BCUT2D eigenvalue weighted by Crippen LogP contribution is 2.22. The summed E-state index contributed by atoms with van der Waals surface area (Å²) < 4.78 is -0.0770. The van der Waals surface area contributed by atoms with E-state index in [1.807, 2.05) is 13.8 Å². The Bertz CT molecular complexity index is 113. The molecule has 0 bridgehead atoms. The van der Waals surface area contributed by atoms with Gasteiger partial charge in [0.05, 0.1) is 12.4 Å². The molecule has 0 heterocycles. The summed E-state index contributed by atoms with van der Waals surface area (Å²) in [6, 6.07) is 0. The summed E-state index contributed by atoms with van der Waals surface area (Å²) in [4.78, 5) is 0. The summed E-state index contributed by atoms with van der Waals surface area (Å²) >= 11 is 1.59. The van der Waals surface area contributed by atoms with Crippen LogP contribution in [0.1, 0.15) is 13.8 Å². The van der Waals surface area contributed by atoms with Gasteiger partial charge in [-0.2, -0.15) is 0 Å². The van der Waals surface area contributed by atoms with Crippen molar-refractivity contribution < 1.29 is 5.11 Å². The average Bonchev–Trinajstić information content (AvgIpc) is 1.84. The lowest BCUT2D eigenvalue weighted by Crippen LogP contribution is -2.20. The summed E-state index contributed by atoms with van der Waals surface area (Å²) in [5.41, 5.74) is 0. The van der Waals surface area contributed by atoms with Gasteiger partial charge in [0.1, 0.15) is 0 Å². The first-order valence-electron chi connectivity index (χ1n) is 2.80. The van der Waals surface area contributed by atoms with Crippen molar-refractivity contribution in [1.29, 1.82) is 0 Å². The monoisotopic (exact) mass is 144 g/mol. The minimum absolute atomic E-state index is 0.0770. The standard InChI is InChI=1S/C7H12OS/c1-4-5-9-7(2,3)6-8/h1,8H,5-6H2,2-3H3. The highest BCUT2D eigenvalue weighted by Gasteiger charge is 2.15. The van der Waals surface area contributed by atoms with Crippen molar-refractivity contribution in [1.82, 2.24) is 0 Å². The first-order chi connectivity index (χ1) is 4.12. The second kappa shape index (κ2) is 3.81. The Morgan fingerprint density at radius 1 is 1.67 bits per heavy atom. The Kier molecular flexibility index (Phi) is 3.76. The van der Waals surface area contributed by atoms with E-state index in [4.69, 9.17) is 11.5 Å². The molecule has 0 fully saturated rings. The molecular formula is C7H12OS. The largest absolute Gasteiger partial charge is 0.395 e. The third-order valence-corrected chi connectivity index (χ3v) is 2.15. The predicted octanol–water partition coefficient (Wildman–Crippen LogP) is 1.12. The molecule has 0 saturated heterocycles. The van der Waals surface area contributed by atoms with Crippen LogP contribution < -0.4 is 0 Å². The Morgan fingerprint density at radius 2 is 2.22 bits per heavy atom. The Hall–Kier alpha value is -0.130. The third kappa shape index (κ3) is 4.38. The topological polar surface area (TPSA) is 20.2 Å². The van der Waals surface area contributed by atoms with E-state index in [9.17, 15) is 0 Å². The van der Waals surface area contributed by atoms with Gasteiger partial charge in [0, 0.05) is 4.75 Å². The zero-order chi connectivity index (χ0) is 7.33. The molecule has 0 aromatic carbocycles. The molecule has 9 heavy (non-hydrogen) atoms. The minimum atomic E-state index is -0.0770. The average molecular weight is 144 g/mol. The summed E-state index contributed by atoms with van der Waals surface area (Å²) in [6.45, 7) is 4.11. The number of hydrogen-bond donors (Lipinski definition) is 1. The van der Waals surface area contributed by atoms with Crippen LogP contribution in [0, 0.1) is 12.3 Å². The van der Waals surface area contributed by atoms with Gasteiger partial charge in [0.25, 0.3) is 0 Å². The van der Waals surface area contributed by atoms with Gasteiger partial charge in [0.2, 0.25) is 0 Å². The second-order valence-electron chi connectivity index (χ2n) is 2.41. The minimum Gasteiger partial charge on any atom is -0.395 e. The smallest absolute Gasteiger partial charge is 0.0573 e. The van der Waals surface area contributed by atoms with Crippen molar-refractivity contribution in [3.63, 3.8) is 0 Å². The third-order valence-electron chi connectivity index (χ3n) is 0.927. The maximum Gasteiger partial charge on any atom is 0.0573 e. The molecule has 0 unspecified atom stereocenters. The van der Waals surface area contributed by atoms with Crippen LogP contribution in [0.15, 0.2) is 0 Å². The van der Waals surface area contributed by atoms with Crippen molar-refractivity contribution in [2.75, 3.05) is 12.4 Å². The zero-order valence-electron chi connectivity index (χ0n) is 5.85. The lowest BCUT2D eigenvalue weighted by atomic mass is 10.2. The van der Waals surface area contributed by atoms with Crippen molar-refractivity contribution in [2.24, 2.45) is 0 Å². The lowest BCUT2D eigenvalue weighted by molar-refractivity contribution is 0.265. The molecule has 0 amide bonds. The molecule has 0 radical (unpaired) electrons. The number of thioether (sulfide) groups is 1. The van der Waals surface area contributed by atoms with Crippen LogP contribution >= 0.6 is 11.8 Å². The van der Waals surface area contributed by atoms with E-state index < -0.39 is 0 Å². The molecule has 2 heteroatoms. The molecule has 0 aromatic rings. The Labute approximate surface area is 60.8 Å². The van der Waals surface area contributed by atoms with Gasteiger partial charge in [0.15, 0.2) is 0 Å². The Balaban J connectivity index is 3.48. The molecule has 0 saturated carbocycles. The van der Waals surface area contributed by atoms with Gasteiger partial charge in [-0.3, -0.25) is 0 Å². The molecule has 0 aliphatic rings. The zero-order valence-corrected chi connectivity index (χ0v) is 6.66. The van der Waals surface area contributed by atoms with Crippen LogP contribution in [0.25, 0.3) is 0 Å². The SMILES string of the molecule is C#CCSC(C)(C)CO. The molecule has 0 spiro atoms. The van der Waals surface area contributed by atoms with Crippen molar-refractivity contribution in [3.8, 4) is 12.3 Å². The van der Waals surface area contributed by atoms with E-state index >= 15 is 0 Å². The quantitative estimate of drug-likeness (QED) is 0.599. The maximum absolute atomic E-state index is 8.73. The molecule has 1 nitrogen and oxygen atoms in total.